The van der Waals surface area contributed by atoms with Gasteiger partial charge in [0.2, 0.25) is 0 Å². The van der Waals surface area contributed by atoms with Crippen molar-refractivity contribution in [1.82, 2.24) is 20.6 Å². The predicted molar refractivity (Wildman–Crippen MR) is 32.2 cm³/mol. The van der Waals surface area contributed by atoms with Crippen LogP contribution >= 0.6 is 0 Å². The summed E-state index contributed by atoms with van der Waals surface area (Å²) in [5.74, 6) is 0. The molecule has 7 heteroatoms. The lowest BCUT2D eigenvalue weighted by Gasteiger charge is -1.45. The Hall–Kier alpha value is -1.76. The maximum absolute atomic E-state index is 4.08. The molecule has 2 aromatic rings. The maximum atomic E-state index is 4.08. The van der Waals surface area contributed by atoms with Crippen molar-refractivity contribution in [3.63, 3.8) is 0 Å². The van der Waals surface area contributed by atoms with Crippen LogP contribution in [0.5, 0.6) is 0 Å². The van der Waals surface area contributed by atoms with Gasteiger partial charge in [0, 0.05) is 0 Å². The third-order valence-electron chi connectivity index (χ3n) is 0.565. The van der Waals surface area contributed by atoms with Crippen LogP contribution in [0.2, 0.25) is 0 Å². The molecule has 0 radical (unpaired) electrons. The Balaban J connectivity index is 0.000000167. The molecule has 0 aliphatic heterocycles. The van der Waals surface area contributed by atoms with E-state index in [1.165, 1.54) is 24.8 Å². The lowest BCUT2D eigenvalue weighted by molar-refractivity contribution is 0.307. The van der Waals surface area contributed by atoms with Gasteiger partial charge in [-0.2, -0.15) is 0 Å². The van der Waals surface area contributed by atoms with Gasteiger partial charge in [0.05, 0.1) is 24.8 Å². The molecule has 0 amide bonds. The van der Waals surface area contributed by atoms with Crippen molar-refractivity contribution in [2.75, 3.05) is 0 Å². The third kappa shape index (κ3) is 4.73. The average Bonchev–Trinajstić information content (AvgIpc) is 2.67. The van der Waals surface area contributed by atoms with E-state index >= 15 is 0 Å². The first-order chi connectivity index (χ1) is 5.00. The second kappa shape index (κ2) is 6.36. The number of hydrogen-bond donors (Lipinski definition) is 0. The van der Waals surface area contributed by atoms with Gasteiger partial charge in [0.1, 0.15) is 0 Å². The number of aromatic nitrogens is 4. The van der Waals surface area contributed by atoms with E-state index in [9.17, 15) is 0 Å². The second-order valence-corrected chi connectivity index (χ2v) is 1.18. The van der Waals surface area contributed by atoms with Gasteiger partial charge in [-0.15, -0.1) is 0 Å². The van der Waals surface area contributed by atoms with Crippen LogP contribution in [-0.2, 0) is 0 Å². The monoisotopic (exact) mass is 158 g/mol. The summed E-state index contributed by atoms with van der Waals surface area (Å²) in [7, 11) is 0. The van der Waals surface area contributed by atoms with Crippen LogP contribution in [0.3, 0.4) is 0 Å². The first-order valence-electron chi connectivity index (χ1n) is 2.43. The van der Waals surface area contributed by atoms with Crippen LogP contribution in [0.4, 0.5) is 0 Å². The Kier molecular flexibility index (Phi) is 5.34. The van der Waals surface area contributed by atoms with E-state index in [2.05, 4.69) is 29.9 Å². The Labute approximate surface area is 61.2 Å². The van der Waals surface area contributed by atoms with Crippen LogP contribution in [-0.4, -0.2) is 26.1 Å². The van der Waals surface area contributed by atoms with Crippen molar-refractivity contribution in [3.05, 3.63) is 24.8 Å². The van der Waals surface area contributed by atoms with Gasteiger partial charge >= 0.3 is 0 Å². The normalized spacial score (nSPS) is 7.27. The Morgan fingerprint density at radius 1 is 0.636 bits per heavy atom. The highest BCUT2D eigenvalue weighted by molar-refractivity contribution is 4.52. The second-order valence-electron chi connectivity index (χ2n) is 1.18. The van der Waals surface area contributed by atoms with E-state index in [1.54, 1.807) is 0 Å². The summed E-state index contributed by atoms with van der Waals surface area (Å²) < 4.78 is 8.17. The quantitative estimate of drug-likeness (QED) is 0.502. The predicted octanol–water partition coefficient (Wildman–Crippen LogP) is -0.686. The van der Waals surface area contributed by atoms with Crippen LogP contribution in [0, 0.1) is 0 Å². The molecule has 0 aromatic carbocycles. The molecule has 0 spiro atoms. The molecule has 2 aromatic heterocycles. The fraction of sp³-hybridized carbons (Fsp3) is 0. The first kappa shape index (κ1) is 9.24. The van der Waals surface area contributed by atoms with Gasteiger partial charge in [-0.3, -0.25) is 0 Å². The minimum absolute atomic E-state index is 0. The van der Waals surface area contributed by atoms with E-state index in [1.807, 2.05) is 0 Å². The lowest BCUT2D eigenvalue weighted by Crippen LogP contribution is -1.44. The summed E-state index contributed by atoms with van der Waals surface area (Å²) in [5.41, 5.74) is 0. The first-order valence-corrected chi connectivity index (χ1v) is 2.43. The summed E-state index contributed by atoms with van der Waals surface area (Å²) in [5, 5.41) is 12.9. The molecule has 2 N–H and O–H groups in total. The third-order valence-corrected chi connectivity index (χ3v) is 0.565. The number of rotatable bonds is 0. The largest absolute Gasteiger partial charge is 0.412 e. The minimum atomic E-state index is 0. The lowest BCUT2D eigenvalue weighted by atomic mass is 11.0. The average molecular weight is 158 g/mol. The molecule has 0 bridgehead atoms. The van der Waals surface area contributed by atoms with Crippen molar-refractivity contribution >= 4 is 0 Å². The molecule has 11 heavy (non-hydrogen) atoms. The topological polar surface area (TPSA) is 109 Å². The summed E-state index contributed by atoms with van der Waals surface area (Å²) >= 11 is 0. The van der Waals surface area contributed by atoms with E-state index < -0.39 is 0 Å². The maximum Gasteiger partial charge on any atom is 0.0913 e. The fourth-order valence-corrected chi connectivity index (χ4v) is 0.272. The zero-order chi connectivity index (χ0) is 7.07. The van der Waals surface area contributed by atoms with Gasteiger partial charge in [-0.05, 0) is 0 Å². The van der Waals surface area contributed by atoms with Crippen molar-refractivity contribution in [1.29, 1.82) is 0 Å². The smallest absolute Gasteiger partial charge is 0.0913 e. The van der Waals surface area contributed by atoms with Crippen LogP contribution < -0.4 is 0 Å². The van der Waals surface area contributed by atoms with Gasteiger partial charge in [0.15, 0.2) is 0 Å². The molecule has 0 saturated heterocycles. The highest BCUT2D eigenvalue weighted by atomic mass is 16.6. The van der Waals surface area contributed by atoms with Crippen LogP contribution in [0.15, 0.2) is 34.0 Å². The van der Waals surface area contributed by atoms with Gasteiger partial charge in [-0.1, -0.05) is 20.6 Å². The Morgan fingerprint density at radius 3 is 1.00 bits per heavy atom. The summed E-state index contributed by atoms with van der Waals surface area (Å²) in [6, 6.07) is 0. The summed E-state index contributed by atoms with van der Waals surface area (Å²) in [6.45, 7) is 0. The molecule has 0 unspecified atom stereocenters. The molecule has 0 saturated carbocycles. The minimum Gasteiger partial charge on any atom is -0.412 e. The van der Waals surface area contributed by atoms with Crippen molar-refractivity contribution < 1.29 is 14.7 Å². The number of nitrogens with zero attached hydrogens (tertiary/aromatic N) is 4. The molecule has 0 aliphatic rings. The highest BCUT2D eigenvalue weighted by Gasteiger charge is 1.62. The van der Waals surface area contributed by atoms with E-state index in [-0.39, 0.29) is 5.48 Å². The van der Waals surface area contributed by atoms with Gasteiger partial charge < -0.3 is 5.48 Å². The zero-order valence-corrected chi connectivity index (χ0v) is 5.41. The van der Waals surface area contributed by atoms with Crippen LogP contribution in [0.25, 0.3) is 0 Å². The van der Waals surface area contributed by atoms with Gasteiger partial charge in [0.25, 0.3) is 0 Å². The standard InChI is InChI=1S/2C2H2N2O.H2O/c2*1-2-4-5-3-1;/h2*1-2H;1H2. The summed E-state index contributed by atoms with van der Waals surface area (Å²) in [6.07, 6.45) is 5.89. The molecule has 60 valence electrons. The molecular weight excluding hydrogens is 152 g/mol. The zero-order valence-electron chi connectivity index (χ0n) is 5.41. The van der Waals surface area contributed by atoms with E-state index in [0.717, 1.165) is 0 Å². The Bertz CT molecular complexity index is 157. The van der Waals surface area contributed by atoms with Crippen molar-refractivity contribution in [3.8, 4) is 0 Å². The fourth-order valence-electron chi connectivity index (χ4n) is 0.272. The molecule has 2 heterocycles. The molecule has 7 nitrogen and oxygen atoms in total. The van der Waals surface area contributed by atoms with E-state index in [4.69, 9.17) is 0 Å². The Morgan fingerprint density at radius 2 is 0.909 bits per heavy atom. The van der Waals surface area contributed by atoms with Crippen LogP contribution in [0.1, 0.15) is 0 Å². The molecular formula is C4H6N4O3. The SMILES string of the molecule is O.c1cnon1.c1cnon1. The van der Waals surface area contributed by atoms with Crippen molar-refractivity contribution in [2.24, 2.45) is 0 Å². The molecule has 0 fully saturated rings. The van der Waals surface area contributed by atoms with Crippen molar-refractivity contribution in [2.45, 2.75) is 0 Å². The molecule has 0 atom stereocenters. The molecule has 2 rings (SSSR count). The number of hydrogen-bond acceptors (Lipinski definition) is 6. The highest BCUT2D eigenvalue weighted by Crippen LogP contribution is 1.63. The summed E-state index contributed by atoms with van der Waals surface area (Å²) in [4.78, 5) is 0. The van der Waals surface area contributed by atoms with E-state index in [0.29, 0.717) is 0 Å². The molecule has 0 aliphatic carbocycles. The van der Waals surface area contributed by atoms with Gasteiger partial charge in [-0.25, -0.2) is 9.26 Å².